The molecule has 27 unspecified atom stereocenters. The quantitative estimate of drug-likeness (QED) is 0.0129. The minimum Gasteiger partial charge on any atom is -0.508 e. The van der Waals surface area contributed by atoms with Gasteiger partial charge in [0.15, 0.2) is 31.1 Å². The van der Waals surface area contributed by atoms with Crippen LogP contribution in [0.3, 0.4) is 0 Å². The van der Waals surface area contributed by atoms with Crippen molar-refractivity contribution < 1.29 is 171 Å². The minimum absolute atomic E-state index is 0.112. The van der Waals surface area contributed by atoms with Crippen molar-refractivity contribution in [2.75, 3.05) is 33.4 Å². The van der Waals surface area contributed by atoms with Gasteiger partial charge in [-0.05, 0) is 82.9 Å². The van der Waals surface area contributed by atoms with Crippen LogP contribution in [0, 0.1) is 0 Å². The smallest absolute Gasteiger partial charge is 0.329 e. The van der Waals surface area contributed by atoms with Crippen LogP contribution in [-0.4, -0.2) is 347 Å². The number of ether oxygens (including phenoxy) is 9. The highest BCUT2D eigenvalue weighted by Gasteiger charge is 2.53. The van der Waals surface area contributed by atoms with Gasteiger partial charge < -0.3 is 162 Å². The van der Waals surface area contributed by atoms with Crippen molar-refractivity contribution in [3.8, 4) is 11.5 Å². The van der Waals surface area contributed by atoms with E-state index in [9.17, 15) is 109 Å². The molecular formula is C85H129N11O35. The number of unbranched alkanes of at least 4 members (excludes halogenated alkanes) is 10. The fourth-order valence-corrected chi connectivity index (χ4v) is 14.9. The zero-order valence-corrected chi connectivity index (χ0v) is 74.7. The van der Waals surface area contributed by atoms with Crippen LogP contribution in [0.4, 0.5) is 0 Å². The van der Waals surface area contributed by atoms with Crippen molar-refractivity contribution in [3.05, 3.63) is 71.4 Å². The molecule has 4 aliphatic heterocycles. The van der Waals surface area contributed by atoms with Crippen molar-refractivity contribution in [1.82, 2.24) is 52.8 Å². The number of hydrogen-bond acceptors (Lipinski definition) is 35. The molecule has 0 aromatic heterocycles. The Hall–Kier alpha value is -10.3. The summed E-state index contributed by atoms with van der Waals surface area (Å²) in [5, 5.41) is 155. The highest BCUT2D eigenvalue weighted by Crippen LogP contribution is 2.32. The molecule has 0 saturated carbocycles. The number of aliphatic hydroxyl groups excluding tert-OH is 10. The van der Waals surface area contributed by atoms with E-state index in [0.717, 1.165) is 113 Å². The lowest BCUT2D eigenvalue weighted by molar-refractivity contribution is -0.339. The van der Waals surface area contributed by atoms with E-state index in [1.165, 1.54) is 55.5 Å². The highest BCUT2D eigenvalue weighted by molar-refractivity contribution is 6.03. The summed E-state index contributed by atoms with van der Waals surface area (Å²) >= 11 is 0. The largest absolute Gasteiger partial charge is 0.508 e. The SMILES string of the molecule is CC=C1NC(=O)C(Cc2ccc(O)cc2)NC(=O)C(C(C)O)NC(=O)C(NC(=O)C(NC(=O)C(O)C(CCCCCCCCCCCCC)OC2OCC(O)C(OC3OC(CO)C(O)C(O)C3NC(C)=O)C2O)C(C)O)C(C)OC(=O)C(Cc2ccc(O)cc2)NC(=O)C(C(C)OC2OC(COC(C)=O)C(OC(C)=O)C(O)C2O)N(C)C(=O)CNC(=O)C(CCC(N)=O)NC1=O. The second-order valence-corrected chi connectivity index (χ2v) is 32.8. The number of benzene rings is 2. The van der Waals surface area contributed by atoms with E-state index in [1.54, 1.807) is 0 Å². The number of phenolic OH excluding ortho intramolecular Hbond substituents is 2. The maximum absolute atomic E-state index is 15.5. The van der Waals surface area contributed by atoms with E-state index < -0.39 is 306 Å². The number of likely N-dealkylation sites (N-methyl/N-ethyl adjacent to an activating group) is 1. The van der Waals surface area contributed by atoms with Crippen LogP contribution in [0.1, 0.15) is 163 Å². The van der Waals surface area contributed by atoms with E-state index in [0.29, 0.717) is 17.7 Å². The van der Waals surface area contributed by atoms with Gasteiger partial charge in [-0.1, -0.05) is 108 Å². The average molecular weight is 1870 g/mol. The summed E-state index contributed by atoms with van der Waals surface area (Å²) in [6.45, 7) is 6.99. The number of allylic oxidation sites excluding steroid dienone is 1. The Kier molecular flexibility index (Phi) is 44.6. The van der Waals surface area contributed by atoms with Gasteiger partial charge in [-0.25, -0.2) is 4.79 Å². The summed E-state index contributed by atoms with van der Waals surface area (Å²) in [7, 11) is 0.979. The number of esters is 3. The fraction of sp³-hybridized carbons (Fsp3) is 0.671. The Morgan fingerprint density at radius 2 is 1.21 bits per heavy atom. The van der Waals surface area contributed by atoms with Gasteiger partial charge >= 0.3 is 17.9 Å². The zero-order valence-electron chi connectivity index (χ0n) is 74.7. The van der Waals surface area contributed by atoms with Crippen molar-refractivity contribution in [1.29, 1.82) is 0 Å². The van der Waals surface area contributed by atoms with Crippen LogP contribution in [0.2, 0.25) is 0 Å². The molecule has 2 aromatic rings. The Morgan fingerprint density at radius 1 is 0.634 bits per heavy atom. The summed E-state index contributed by atoms with van der Waals surface area (Å²) in [4.78, 5) is 199. The molecule has 11 amide bonds. The van der Waals surface area contributed by atoms with Gasteiger partial charge in [0.05, 0.1) is 44.2 Å². The number of phenols is 2. The standard InChI is InChI=1S/C85H129N11O35/c1-11-13-14-15-16-17-18-19-20-21-22-23-56(128-84-71(113)72(55(105)38-124-84)131-83-64(88-44(7)100)68(110)66(108)57(37-97)129-83)67(109)81(121)94-62(41(4)99)78(118)95-63-42(5)125-82(122)54(35-48-26-30-50(104)31-27-48)92-80(120)65(43(6)126-85-70(112)69(111)73(127-46(9)102)58(130-85)39-123-45(8)101)96(10)60(107)36-87-74(114)52(32-33-59(86)106)90-75(115)51(12-2)89-76(116)53(34-47-24-28-49(103)29-25-47)91-77(117)61(40(3)98)93-79(63)119/h12,24-31,40-43,52-58,61-73,83-85,97-99,103-105,108-113H,11,13-23,32-39H2,1-10H3,(H2,86,106)(H,87,114)(H,88,100)(H,89,116)(H,90,115)(H,91,117)(H,92,120)(H,93,119)(H,94,121)(H,95,118). The molecule has 4 aliphatic rings. The first-order valence-electron chi connectivity index (χ1n) is 43.5. The number of rotatable bonds is 38. The number of nitrogens with zero attached hydrogens (tertiary/aromatic N) is 1. The highest BCUT2D eigenvalue weighted by atomic mass is 16.7. The number of cyclic esters (lactones) is 1. The summed E-state index contributed by atoms with van der Waals surface area (Å²) < 4.78 is 51.9. The zero-order chi connectivity index (χ0) is 97.4. The number of carbonyl (C=O) groups excluding carboxylic acids is 14. The van der Waals surface area contributed by atoms with Gasteiger partial charge in [-0.2, -0.15) is 0 Å². The van der Waals surface area contributed by atoms with Crippen molar-refractivity contribution in [2.45, 2.75) is 330 Å². The fourth-order valence-electron chi connectivity index (χ4n) is 14.9. The van der Waals surface area contributed by atoms with Crippen LogP contribution in [0.15, 0.2) is 60.3 Å². The van der Waals surface area contributed by atoms with Gasteiger partial charge in [0.2, 0.25) is 53.2 Å². The predicted molar refractivity (Wildman–Crippen MR) is 451 cm³/mol. The molecule has 734 valence electrons. The molecular weight excluding hydrogens is 1730 g/mol. The molecule has 131 heavy (non-hydrogen) atoms. The number of hydrogen-bond donors (Lipinski definition) is 22. The maximum Gasteiger partial charge on any atom is 0.329 e. The molecule has 0 aliphatic carbocycles. The van der Waals surface area contributed by atoms with Crippen molar-refractivity contribution in [2.24, 2.45) is 5.73 Å². The Balaban J connectivity index is 1.46. The van der Waals surface area contributed by atoms with Crippen LogP contribution in [0.25, 0.3) is 0 Å². The predicted octanol–water partition coefficient (Wildman–Crippen LogP) is -6.07. The molecule has 4 heterocycles. The average Bonchev–Trinajstić information content (AvgIpc) is 0.798. The monoisotopic (exact) mass is 1860 g/mol. The minimum atomic E-state index is -2.44. The third-order valence-electron chi connectivity index (χ3n) is 22.2. The molecule has 46 heteroatoms. The van der Waals surface area contributed by atoms with E-state index in [2.05, 4.69) is 54.8 Å². The van der Waals surface area contributed by atoms with E-state index in [-0.39, 0.29) is 35.5 Å². The van der Waals surface area contributed by atoms with Crippen molar-refractivity contribution >= 4 is 82.9 Å². The summed E-state index contributed by atoms with van der Waals surface area (Å²) in [5.41, 5.74) is 5.17. The molecule has 23 N–H and O–H groups in total. The maximum atomic E-state index is 15.5. The summed E-state index contributed by atoms with van der Waals surface area (Å²) in [5.74, 6) is -18.0. The number of aromatic hydroxyl groups is 2. The van der Waals surface area contributed by atoms with E-state index in [4.69, 9.17) is 48.4 Å². The Labute approximate surface area is 755 Å². The van der Waals surface area contributed by atoms with Crippen LogP contribution < -0.4 is 53.6 Å². The first kappa shape index (κ1) is 109. The summed E-state index contributed by atoms with van der Waals surface area (Å²) in [6, 6.07) is -6.46. The second-order valence-electron chi connectivity index (χ2n) is 32.8. The molecule has 0 bridgehead atoms. The van der Waals surface area contributed by atoms with E-state index in [1.807, 2.05) is 0 Å². The lowest BCUT2D eigenvalue weighted by atomic mass is 9.96. The molecule has 27 atom stereocenters. The van der Waals surface area contributed by atoms with E-state index >= 15 is 19.2 Å². The number of aliphatic hydroxyl groups is 10. The van der Waals surface area contributed by atoms with Gasteiger partial charge in [0.1, 0.15) is 133 Å². The van der Waals surface area contributed by atoms with Crippen LogP contribution in [0.5, 0.6) is 11.5 Å². The Bertz CT molecular complexity index is 4150. The number of nitrogens with one attached hydrogen (secondary N) is 9. The molecule has 46 nitrogen and oxygen atoms in total. The molecule has 6 rings (SSSR count). The normalized spacial score (nSPS) is 29.5. The van der Waals surface area contributed by atoms with Crippen LogP contribution in [-0.2, 0) is 123 Å². The Morgan fingerprint density at radius 3 is 1.76 bits per heavy atom. The lowest BCUT2D eigenvalue weighted by Crippen LogP contribution is -2.67. The second kappa shape index (κ2) is 53.4. The van der Waals surface area contributed by atoms with Gasteiger partial charge in [0, 0.05) is 47.1 Å². The third kappa shape index (κ3) is 33.4. The first-order valence-corrected chi connectivity index (χ1v) is 43.5. The first-order chi connectivity index (χ1) is 61.9. The van der Waals surface area contributed by atoms with Crippen molar-refractivity contribution in [3.63, 3.8) is 0 Å². The van der Waals surface area contributed by atoms with Gasteiger partial charge in [-0.15, -0.1) is 0 Å². The molecule has 0 radical (unpaired) electrons. The third-order valence-corrected chi connectivity index (χ3v) is 22.2. The molecule has 0 spiro atoms. The van der Waals surface area contributed by atoms with Gasteiger partial charge in [0.25, 0.3) is 11.8 Å². The van der Waals surface area contributed by atoms with Gasteiger partial charge in [-0.3, -0.25) is 62.3 Å². The number of nitrogens with two attached hydrogens (primary N) is 1. The lowest BCUT2D eigenvalue weighted by Gasteiger charge is -2.46. The number of carbonyl (C=O) groups is 14. The number of amides is 11. The van der Waals surface area contributed by atoms with Crippen LogP contribution >= 0.6 is 0 Å². The molecule has 4 fully saturated rings. The summed E-state index contributed by atoms with van der Waals surface area (Å²) in [6.07, 6.45) is -28.7. The topological polar surface area (TPSA) is 702 Å². The number of primary amides is 1. The molecule has 4 saturated heterocycles. The molecule has 2 aromatic carbocycles.